The van der Waals surface area contributed by atoms with Crippen LogP contribution in [0.25, 0.3) is 0 Å². The molecule has 15 heavy (non-hydrogen) atoms. The van der Waals surface area contributed by atoms with E-state index in [0.29, 0.717) is 5.75 Å². The Morgan fingerprint density at radius 3 is 2.47 bits per heavy atom. The Morgan fingerprint density at radius 1 is 1.53 bits per heavy atom. The van der Waals surface area contributed by atoms with Crippen LogP contribution in [0.1, 0.15) is 6.92 Å². The van der Waals surface area contributed by atoms with Gasteiger partial charge in [0.05, 0.1) is 12.9 Å². The second-order valence-electron chi connectivity index (χ2n) is 3.45. The molecular formula is C8H16O5S2. The maximum Gasteiger partial charge on any atom is 0.338 e. The van der Waals surface area contributed by atoms with Crippen molar-refractivity contribution in [3.8, 4) is 0 Å². The van der Waals surface area contributed by atoms with Gasteiger partial charge in [-0.15, -0.1) is 0 Å². The van der Waals surface area contributed by atoms with Crippen LogP contribution in [0.5, 0.6) is 0 Å². The fourth-order valence-corrected chi connectivity index (χ4v) is 3.10. The SMILES string of the molecule is COC(=O)C(C)(O)CSCCS(C)(=O)=O. The summed E-state index contributed by atoms with van der Waals surface area (Å²) >= 11 is 1.20. The van der Waals surface area contributed by atoms with Gasteiger partial charge >= 0.3 is 5.97 Å². The van der Waals surface area contributed by atoms with Crippen LogP contribution in [-0.4, -0.2) is 55.7 Å². The highest BCUT2D eigenvalue weighted by Gasteiger charge is 2.31. The standard InChI is InChI=1S/C8H16O5S2/c1-8(10,7(9)13-2)6-14-4-5-15(3,11)12/h10H,4-6H2,1-3H3. The molecule has 7 heteroatoms. The van der Waals surface area contributed by atoms with E-state index in [0.717, 1.165) is 6.26 Å². The van der Waals surface area contributed by atoms with Gasteiger partial charge in [0.15, 0.2) is 5.60 Å². The van der Waals surface area contributed by atoms with Crippen LogP contribution in [0.4, 0.5) is 0 Å². The number of hydrogen-bond donors (Lipinski definition) is 1. The van der Waals surface area contributed by atoms with Gasteiger partial charge in [-0.05, 0) is 6.92 Å². The lowest BCUT2D eigenvalue weighted by Gasteiger charge is -2.19. The zero-order valence-electron chi connectivity index (χ0n) is 9.02. The van der Waals surface area contributed by atoms with E-state index in [1.165, 1.54) is 25.8 Å². The molecule has 0 bridgehead atoms. The molecule has 0 heterocycles. The van der Waals surface area contributed by atoms with Gasteiger partial charge in [0.25, 0.3) is 0 Å². The lowest BCUT2D eigenvalue weighted by atomic mass is 10.1. The summed E-state index contributed by atoms with van der Waals surface area (Å²) < 4.78 is 25.9. The molecule has 0 saturated carbocycles. The first-order valence-electron chi connectivity index (χ1n) is 4.25. The number of hydrogen-bond acceptors (Lipinski definition) is 6. The minimum absolute atomic E-state index is 0.0366. The van der Waals surface area contributed by atoms with Crippen LogP contribution in [0, 0.1) is 0 Å². The van der Waals surface area contributed by atoms with Crippen molar-refractivity contribution >= 4 is 27.6 Å². The number of ether oxygens (including phenoxy) is 1. The van der Waals surface area contributed by atoms with E-state index in [2.05, 4.69) is 4.74 Å². The molecule has 0 saturated heterocycles. The Bertz CT molecular complexity index is 307. The molecule has 90 valence electrons. The van der Waals surface area contributed by atoms with E-state index in [-0.39, 0.29) is 11.5 Å². The van der Waals surface area contributed by atoms with Crippen molar-refractivity contribution in [3.63, 3.8) is 0 Å². The first-order valence-corrected chi connectivity index (χ1v) is 7.47. The highest BCUT2D eigenvalue weighted by Crippen LogP contribution is 2.14. The predicted octanol–water partition coefficient (Wildman–Crippen LogP) is -0.312. The van der Waals surface area contributed by atoms with E-state index >= 15 is 0 Å². The van der Waals surface area contributed by atoms with Crippen LogP contribution in [0.3, 0.4) is 0 Å². The lowest BCUT2D eigenvalue weighted by Crippen LogP contribution is -2.39. The predicted molar refractivity (Wildman–Crippen MR) is 59.7 cm³/mol. The van der Waals surface area contributed by atoms with Crippen LogP contribution < -0.4 is 0 Å². The van der Waals surface area contributed by atoms with Crippen molar-refractivity contribution in [2.45, 2.75) is 12.5 Å². The van der Waals surface area contributed by atoms with Crippen molar-refractivity contribution in [3.05, 3.63) is 0 Å². The molecule has 0 aliphatic heterocycles. The first-order chi connectivity index (χ1) is 6.69. The molecule has 0 aliphatic rings. The maximum atomic E-state index is 11.0. The number of aliphatic hydroxyl groups is 1. The fourth-order valence-electron chi connectivity index (χ4n) is 0.760. The van der Waals surface area contributed by atoms with Gasteiger partial charge in [-0.2, -0.15) is 11.8 Å². The molecule has 1 N–H and O–H groups in total. The summed E-state index contributed by atoms with van der Waals surface area (Å²) in [5, 5.41) is 9.57. The largest absolute Gasteiger partial charge is 0.467 e. The van der Waals surface area contributed by atoms with Crippen LogP contribution >= 0.6 is 11.8 Å². The highest BCUT2D eigenvalue weighted by molar-refractivity contribution is 8.00. The molecule has 0 radical (unpaired) electrons. The molecule has 0 fully saturated rings. The van der Waals surface area contributed by atoms with E-state index in [9.17, 15) is 18.3 Å². The smallest absolute Gasteiger partial charge is 0.338 e. The van der Waals surface area contributed by atoms with E-state index in [1.54, 1.807) is 0 Å². The quantitative estimate of drug-likeness (QED) is 0.518. The molecule has 0 amide bonds. The third-order valence-corrected chi connectivity index (χ3v) is 4.07. The Balaban J connectivity index is 3.91. The van der Waals surface area contributed by atoms with Crippen LogP contribution in [-0.2, 0) is 19.4 Å². The third-order valence-electron chi connectivity index (χ3n) is 1.61. The molecular weight excluding hydrogens is 240 g/mol. The number of thioether (sulfide) groups is 1. The lowest BCUT2D eigenvalue weighted by molar-refractivity contribution is -0.158. The Morgan fingerprint density at radius 2 is 2.07 bits per heavy atom. The van der Waals surface area contributed by atoms with E-state index in [4.69, 9.17) is 0 Å². The summed E-state index contributed by atoms with van der Waals surface area (Å²) in [5.41, 5.74) is -1.56. The average Bonchev–Trinajstić information content (AvgIpc) is 2.09. The zero-order valence-corrected chi connectivity index (χ0v) is 10.7. The number of sulfone groups is 1. The summed E-state index contributed by atoms with van der Waals surface area (Å²) in [6.07, 6.45) is 1.14. The highest BCUT2D eigenvalue weighted by atomic mass is 32.2. The second kappa shape index (κ2) is 5.72. The van der Waals surface area contributed by atoms with Crippen molar-refractivity contribution < 1.29 is 23.1 Å². The minimum Gasteiger partial charge on any atom is -0.467 e. The summed E-state index contributed by atoms with van der Waals surface area (Å²) in [5.74, 6) is -0.204. The van der Waals surface area contributed by atoms with Crippen molar-refractivity contribution in [1.29, 1.82) is 0 Å². The Kier molecular flexibility index (Phi) is 5.61. The van der Waals surface area contributed by atoms with Gasteiger partial charge in [0, 0.05) is 17.8 Å². The minimum atomic E-state index is -2.99. The average molecular weight is 256 g/mol. The molecule has 0 aromatic rings. The molecule has 1 atom stereocenters. The van der Waals surface area contributed by atoms with Gasteiger partial charge < -0.3 is 9.84 Å². The molecule has 1 unspecified atom stereocenters. The summed E-state index contributed by atoms with van der Waals surface area (Å²) in [7, 11) is -1.79. The van der Waals surface area contributed by atoms with Crippen molar-refractivity contribution in [1.82, 2.24) is 0 Å². The van der Waals surface area contributed by atoms with E-state index in [1.807, 2.05) is 0 Å². The second-order valence-corrected chi connectivity index (χ2v) is 6.81. The van der Waals surface area contributed by atoms with Gasteiger partial charge in [-0.25, -0.2) is 13.2 Å². The molecule has 0 aromatic heterocycles. The Hall–Kier alpha value is -0.270. The number of carbonyl (C=O) groups is 1. The maximum absolute atomic E-state index is 11.0. The molecule has 5 nitrogen and oxygen atoms in total. The number of rotatable bonds is 6. The molecule has 0 aliphatic carbocycles. The van der Waals surface area contributed by atoms with Gasteiger partial charge in [0.2, 0.25) is 0 Å². The van der Waals surface area contributed by atoms with E-state index < -0.39 is 21.4 Å². The summed E-state index contributed by atoms with van der Waals surface area (Å²) in [4.78, 5) is 11.0. The van der Waals surface area contributed by atoms with Crippen molar-refractivity contribution in [2.75, 3.05) is 30.6 Å². The number of carbonyl (C=O) groups excluding carboxylic acids is 1. The first kappa shape index (κ1) is 14.7. The number of methoxy groups -OCH3 is 1. The molecule has 0 aromatic carbocycles. The number of esters is 1. The van der Waals surface area contributed by atoms with Gasteiger partial charge in [0.1, 0.15) is 9.84 Å². The third kappa shape index (κ3) is 6.75. The fraction of sp³-hybridized carbons (Fsp3) is 0.875. The van der Waals surface area contributed by atoms with Crippen molar-refractivity contribution in [2.24, 2.45) is 0 Å². The molecule has 0 rings (SSSR count). The van der Waals surface area contributed by atoms with Crippen LogP contribution in [0.2, 0.25) is 0 Å². The summed E-state index contributed by atoms with van der Waals surface area (Å²) in [6.45, 7) is 1.34. The Labute approximate surface area is 94.1 Å². The zero-order chi connectivity index (χ0) is 12.1. The topological polar surface area (TPSA) is 80.7 Å². The summed E-state index contributed by atoms with van der Waals surface area (Å²) in [6, 6.07) is 0. The normalized spacial score (nSPS) is 15.7. The van der Waals surface area contributed by atoms with Gasteiger partial charge in [-0.1, -0.05) is 0 Å². The monoisotopic (exact) mass is 256 g/mol. The van der Waals surface area contributed by atoms with Gasteiger partial charge in [-0.3, -0.25) is 0 Å². The van der Waals surface area contributed by atoms with Crippen LogP contribution in [0.15, 0.2) is 0 Å². The molecule has 0 spiro atoms.